The Labute approximate surface area is 58.6 Å². The van der Waals surface area contributed by atoms with Gasteiger partial charge in [-0.05, 0) is 10.9 Å². The molecule has 0 nitrogen and oxygen atoms in total. The van der Waals surface area contributed by atoms with E-state index in [-0.39, 0.29) is 10.5 Å². The Morgan fingerprint density at radius 1 is 1.62 bits per heavy atom. The number of hydrogen-bond donors (Lipinski definition) is 0. The van der Waals surface area contributed by atoms with E-state index in [4.69, 9.17) is 15.7 Å². The Kier molecular flexibility index (Phi) is 3.03. The van der Waals surface area contributed by atoms with Crippen LogP contribution in [0.1, 0.15) is 13.8 Å². The predicted molar refractivity (Wildman–Crippen MR) is 42.9 cm³/mol. The van der Waals surface area contributed by atoms with Gasteiger partial charge in [-0.2, -0.15) is 11.8 Å². The van der Waals surface area contributed by atoms with Crippen molar-refractivity contribution in [3.63, 3.8) is 0 Å². The summed E-state index contributed by atoms with van der Waals surface area (Å²) in [5.41, 5.74) is 0. The quantitative estimate of drug-likeness (QED) is 0.498. The second-order valence-electron chi connectivity index (χ2n) is 2.18. The molecule has 8 heavy (non-hydrogen) atoms. The molecule has 0 aliphatic rings. The molecule has 0 aliphatic heterocycles. The molecule has 0 amide bonds. The topological polar surface area (TPSA) is 0 Å². The monoisotopic (exact) mass is 124 g/mol. The van der Waals surface area contributed by atoms with Crippen LogP contribution in [0, 0.1) is 0 Å². The molecule has 0 fully saturated rings. The highest BCUT2D eigenvalue weighted by Gasteiger charge is 2.18. The van der Waals surface area contributed by atoms with Crippen LogP contribution in [0.15, 0.2) is 0 Å². The maximum Gasteiger partial charge on any atom is 0.0882 e. The van der Waals surface area contributed by atoms with Gasteiger partial charge >= 0.3 is 0 Å². The maximum atomic E-state index is 5.70. The smallest absolute Gasteiger partial charge is 0.0882 e. The van der Waals surface area contributed by atoms with E-state index < -0.39 is 0 Å². The lowest BCUT2D eigenvalue weighted by Crippen LogP contribution is -2.24. The minimum absolute atomic E-state index is 0.0532. The van der Waals surface area contributed by atoms with Crippen LogP contribution in [0.25, 0.3) is 0 Å². The van der Waals surface area contributed by atoms with Crippen LogP contribution >= 0.6 is 11.8 Å². The van der Waals surface area contributed by atoms with Crippen LogP contribution in [0.5, 0.6) is 0 Å². The molecule has 0 heterocycles. The average molecular weight is 124 g/mol. The molecule has 4 radical (unpaired) electrons. The average Bonchev–Trinajstić information content (AvgIpc) is 1.67. The zero-order chi connectivity index (χ0) is 6.78. The van der Waals surface area contributed by atoms with E-state index in [9.17, 15) is 0 Å². The van der Waals surface area contributed by atoms with Gasteiger partial charge in [-0.15, -0.1) is 0 Å². The summed E-state index contributed by atoms with van der Waals surface area (Å²) in [6.07, 6.45) is 1.96. The summed E-state index contributed by atoms with van der Waals surface area (Å²) in [7, 11) is 11.2. The molecular formula is C5H10B2S. The van der Waals surface area contributed by atoms with Crippen molar-refractivity contribution >= 4 is 27.5 Å². The molecule has 2 atom stereocenters. The van der Waals surface area contributed by atoms with Crippen LogP contribution in [-0.4, -0.2) is 26.6 Å². The van der Waals surface area contributed by atoms with Gasteiger partial charge in [0.2, 0.25) is 0 Å². The standard InChI is InChI=1S/C5H10B2S/c1-4(6)5(2,7)8-3/h4H,1-3H3. The first-order chi connectivity index (χ1) is 3.50. The molecule has 0 rings (SSSR count). The van der Waals surface area contributed by atoms with E-state index in [1.807, 2.05) is 20.1 Å². The Morgan fingerprint density at radius 2 is 2.00 bits per heavy atom. The first kappa shape index (κ1) is 8.48. The summed E-state index contributed by atoms with van der Waals surface area (Å²) in [5, 5.41) is 0. The van der Waals surface area contributed by atoms with Gasteiger partial charge in [-0.25, -0.2) is 0 Å². The summed E-state index contributed by atoms with van der Waals surface area (Å²) in [6, 6.07) is 0. The van der Waals surface area contributed by atoms with Crippen molar-refractivity contribution in [2.75, 3.05) is 6.26 Å². The predicted octanol–water partition coefficient (Wildman–Crippen LogP) is 1.21. The highest BCUT2D eigenvalue weighted by molar-refractivity contribution is 8.01. The van der Waals surface area contributed by atoms with E-state index in [0.717, 1.165) is 0 Å². The van der Waals surface area contributed by atoms with Crippen molar-refractivity contribution in [2.24, 2.45) is 0 Å². The minimum Gasteiger partial charge on any atom is -0.169 e. The van der Waals surface area contributed by atoms with E-state index in [1.165, 1.54) is 0 Å². The second-order valence-corrected chi connectivity index (χ2v) is 3.46. The van der Waals surface area contributed by atoms with Gasteiger partial charge < -0.3 is 0 Å². The van der Waals surface area contributed by atoms with Crippen molar-refractivity contribution in [1.82, 2.24) is 0 Å². The molecule has 3 heteroatoms. The number of hydrogen-bond acceptors (Lipinski definition) is 1. The lowest BCUT2D eigenvalue weighted by atomic mass is 9.68. The molecule has 0 aromatic heterocycles. The third-order valence-electron chi connectivity index (χ3n) is 1.34. The van der Waals surface area contributed by atoms with Crippen LogP contribution in [0.3, 0.4) is 0 Å². The SMILES string of the molecule is [B]C(C)C([B])(C)SC. The number of thioether (sulfide) groups is 1. The summed E-state index contributed by atoms with van der Waals surface area (Å²) >= 11 is 1.59. The normalized spacial score (nSPS) is 21.9. The van der Waals surface area contributed by atoms with Crippen molar-refractivity contribution < 1.29 is 0 Å². The van der Waals surface area contributed by atoms with Gasteiger partial charge in [-0.1, -0.05) is 19.7 Å². The van der Waals surface area contributed by atoms with Crippen LogP contribution in [-0.2, 0) is 0 Å². The molecule has 0 aromatic rings. The van der Waals surface area contributed by atoms with Crippen LogP contribution < -0.4 is 0 Å². The summed E-state index contributed by atoms with van der Waals surface area (Å²) < 4.78 is -0.264. The largest absolute Gasteiger partial charge is 0.169 e. The van der Waals surface area contributed by atoms with Gasteiger partial charge in [0.25, 0.3) is 0 Å². The third kappa shape index (κ3) is 2.17. The Morgan fingerprint density at radius 3 is 2.00 bits per heavy atom. The highest BCUT2D eigenvalue weighted by Crippen LogP contribution is 2.28. The zero-order valence-corrected chi connectivity index (χ0v) is 6.46. The van der Waals surface area contributed by atoms with E-state index in [2.05, 4.69) is 0 Å². The van der Waals surface area contributed by atoms with Crippen molar-refractivity contribution in [3.8, 4) is 0 Å². The first-order valence-electron chi connectivity index (χ1n) is 2.60. The Bertz CT molecular complexity index is 70.8. The van der Waals surface area contributed by atoms with Crippen molar-refractivity contribution in [2.45, 2.75) is 24.3 Å². The van der Waals surface area contributed by atoms with Gasteiger partial charge in [-0.3, -0.25) is 0 Å². The molecule has 0 spiro atoms. The fraction of sp³-hybridized carbons (Fsp3) is 1.00. The third-order valence-corrected chi connectivity index (χ3v) is 2.60. The van der Waals surface area contributed by atoms with Crippen LogP contribution in [0.2, 0.25) is 5.82 Å². The Hall–Kier alpha value is 0.480. The second kappa shape index (κ2) is 2.86. The van der Waals surface area contributed by atoms with Crippen LogP contribution in [0.4, 0.5) is 0 Å². The van der Waals surface area contributed by atoms with E-state index in [0.29, 0.717) is 0 Å². The zero-order valence-electron chi connectivity index (χ0n) is 5.64. The molecule has 2 unspecified atom stereocenters. The van der Waals surface area contributed by atoms with Gasteiger partial charge in [0, 0.05) is 0 Å². The lowest BCUT2D eigenvalue weighted by molar-refractivity contribution is 0.830. The fourth-order valence-corrected chi connectivity index (χ4v) is 0.558. The molecule has 0 aliphatic carbocycles. The minimum atomic E-state index is -0.264. The van der Waals surface area contributed by atoms with Crippen molar-refractivity contribution in [1.29, 1.82) is 0 Å². The van der Waals surface area contributed by atoms with Gasteiger partial charge in [0.1, 0.15) is 0 Å². The lowest BCUT2D eigenvalue weighted by Gasteiger charge is -2.27. The van der Waals surface area contributed by atoms with Crippen molar-refractivity contribution in [3.05, 3.63) is 0 Å². The fourth-order valence-electron chi connectivity index (χ4n) is 0.186. The number of rotatable bonds is 2. The summed E-state index contributed by atoms with van der Waals surface area (Å²) in [4.78, 5) is 0. The molecule has 0 N–H and O–H groups in total. The maximum absolute atomic E-state index is 5.70. The molecule has 0 aromatic carbocycles. The molecule has 42 valence electrons. The van der Waals surface area contributed by atoms with Gasteiger partial charge in [0.15, 0.2) is 0 Å². The summed E-state index contributed by atoms with van der Waals surface area (Å²) in [5.74, 6) is 0.0532. The molecular weight excluding hydrogens is 114 g/mol. The molecule has 0 saturated carbocycles. The van der Waals surface area contributed by atoms with Gasteiger partial charge in [0.05, 0.1) is 15.7 Å². The highest BCUT2D eigenvalue weighted by atomic mass is 32.2. The van der Waals surface area contributed by atoms with E-state index >= 15 is 0 Å². The molecule has 0 bridgehead atoms. The first-order valence-corrected chi connectivity index (χ1v) is 3.83. The summed E-state index contributed by atoms with van der Waals surface area (Å²) in [6.45, 7) is 3.85. The Balaban J connectivity index is 3.71. The van der Waals surface area contributed by atoms with E-state index in [1.54, 1.807) is 11.8 Å². The molecule has 0 saturated heterocycles.